The molecule has 10 nitrogen and oxygen atoms in total. The molecule has 1 aliphatic rings. The van der Waals surface area contributed by atoms with E-state index in [0.29, 0.717) is 29.7 Å². The lowest BCUT2D eigenvalue weighted by Gasteiger charge is -2.24. The summed E-state index contributed by atoms with van der Waals surface area (Å²) in [7, 11) is 1.47. The molecule has 0 saturated carbocycles. The third kappa shape index (κ3) is 34.5. The third-order valence-electron chi connectivity index (χ3n) is 10.2. The summed E-state index contributed by atoms with van der Waals surface area (Å²) in [5.74, 6) is -0.814. The van der Waals surface area contributed by atoms with Gasteiger partial charge >= 0.3 is 19.8 Å². The van der Waals surface area contributed by atoms with Crippen LogP contribution < -0.4 is 0 Å². The molecule has 1 fully saturated rings. The number of carbonyl (C=O) groups excluding carboxylic acids is 2. The summed E-state index contributed by atoms with van der Waals surface area (Å²) < 4.78 is 40.2. The minimum atomic E-state index is -4.38. The van der Waals surface area contributed by atoms with Crippen molar-refractivity contribution in [2.24, 2.45) is 0 Å². The molecular formula is C44H85NO9P+. The van der Waals surface area contributed by atoms with E-state index in [1.54, 1.807) is 0 Å². The van der Waals surface area contributed by atoms with Crippen molar-refractivity contribution in [2.45, 2.75) is 212 Å². The van der Waals surface area contributed by atoms with Gasteiger partial charge in [0.05, 0.1) is 40.0 Å². The Balaban J connectivity index is 2.27. The first-order valence-corrected chi connectivity index (χ1v) is 24.0. The van der Waals surface area contributed by atoms with Crippen molar-refractivity contribution in [3.8, 4) is 0 Å². The van der Waals surface area contributed by atoms with Crippen LogP contribution in [0, 0.1) is 0 Å². The van der Waals surface area contributed by atoms with Crippen LogP contribution in [0.4, 0.5) is 0 Å². The van der Waals surface area contributed by atoms with E-state index in [4.69, 9.17) is 23.3 Å². The first-order valence-electron chi connectivity index (χ1n) is 22.5. The minimum Gasteiger partial charge on any atom is -0.462 e. The van der Waals surface area contributed by atoms with Crippen molar-refractivity contribution in [2.75, 3.05) is 47.5 Å². The van der Waals surface area contributed by atoms with Crippen LogP contribution in [0.25, 0.3) is 0 Å². The van der Waals surface area contributed by atoms with Gasteiger partial charge < -0.3 is 23.6 Å². The first kappa shape index (κ1) is 51.7. The van der Waals surface area contributed by atoms with Gasteiger partial charge in [-0.1, -0.05) is 142 Å². The van der Waals surface area contributed by atoms with Gasteiger partial charge in [-0.15, -0.1) is 0 Å². The number of phosphoric acid groups is 1. The van der Waals surface area contributed by atoms with Crippen molar-refractivity contribution in [3.05, 3.63) is 12.2 Å². The second-order valence-corrected chi connectivity index (χ2v) is 18.3. The number of unbranched alkanes of at least 4 members (excludes halogenated alkanes) is 20. The quantitative estimate of drug-likeness (QED) is 0.0161. The van der Waals surface area contributed by atoms with Crippen LogP contribution in [-0.4, -0.2) is 87.1 Å². The zero-order valence-electron chi connectivity index (χ0n) is 36.1. The smallest absolute Gasteiger partial charge is 0.462 e. The van der Waals surface area contributed by atoms with Crippen LogP contribution in [0.15, 0.2) is 12.2 Å². The van der Waals surface area contributed by atoms with Crippen molar-refractivity contribution < 1.29 is 46.8 Å². The highest BCUT2D eigenvalue weighted by Crippen LogP contribution is 2.43. The number of hydrogen-bond donors (Lipinski definition) is 1. The fourth-order valence-electron chi connectivity index (χ4n) is 6.56. The Bertz CT molecular complexity index is 1020. The van der Waals surface area contributed by atoms with Crippen LogP contribution in [0.2, 0.25) is 0 Å². The molecule has 324 valence electrons. The number of hydrogen-bond acceptors (Lipinski definition) is 8. The standard InChI is InChI=1S/C44H84NO9P/c1-6-8-10-12-13-14-15-16-17-18-19-20-23-26-30-34-43(46)50-38-40(39-52-55(48,49)51-37-36-45(3,4)5)53-44(47)35-31-27-24-21-22-25-29-33-42-41(54-42)32-28-11-9-7-2/h16-17,40-42H,6-15,18-39H2,1-5H3/p+1/b17-16-. The van der Waals surface area contributed by atoms with E-state index < -0.39 is 26.5 Å². The van der Waals surface area contributed by atoms with Gasteiger partial charge in [0.25, 0.3) is 0 Å². The van der Waals surface area contributed by atoms with E-state index in [1.165, 1.54) is 103 Å². The molecule has 0 spiro atoms. The molecule has 0 aromatic carbocycles. The largest absolute Gasteiger partial charge is 0.472 e. The number of nitrogens with zero attached hydrogens (tertiary/aromatic N) is 1. The molecule has 0 aliphatic carbocycles. The number of phosphoric ester groups is 1. The molecule has 0 radical (unpaired) electrons. The van der Waals surface area contributed by atoms with E-state index in [-0.39, 0.29) is 32.0 Å². The van der Waals surface area contributed by atoms with E-state index >= 15 is 0 Å². The van der Waals surface area contributed by atoms with Crippen molar-refractivity contribution in [3.63, 3.8) is 0 Å². The molecule has 1 aliphatic heterocycles. The summed E-state index contributed by atoms with van der Waals surface area (Å²) in [5, 5.41) is 0. The molecule has 0 amide bonds. The number of carbonyl (C=O) groups is 2. The van der Waals surface area contributed by atoms with Crippen LogP contribution in [-0.2, 0) is 37.4 Å². The summed E-state index contributed by atoms with van der Waals surface area (Å²) in [6.07, 6.45) is 35.6. The molecule has 4 unspecified atom stereocenters. The fourth-order valence-corrected chi connectivity index (χ4v) is 7.30. The molecule has 55 heavy (non-hydrogen) atoms. The van der Waals surface area contributed by atoms with Gasteiger partial charge in [-0.25, -0.2) is 4.57 Å². The van der Waals surface area contributed by atoms with Gasteiger partial charge in [0, 0.05) is 12.8 Å². The maximum Gasteiger partial charge on any atom is 0.472 e. The molecule has 1 N–H and O–H groups in total. The average molecular weight is 803 g/mol. The molecule has 1 heterocycles. The topological polar surface area (TPSA) is 121 Å². The Hall–Kier alpha value is -1.29. The number of likely N-dealkylation sites (N-methyl/N-ethyl adjacent to an activating group) is 1. The number of allylic oxidation sites excluding steroid dienone is 2. The average Bonchev–Trinajstić information content (AvgIpc) is 3.89. The molecular weight excluding hydrogens is 717 g/mol. The predicted octanol–water partition coefficient (Wildman–Crippen LogP) is 11.6. The zero-order valence-corrected chi connectivity index (χ0v) is 37.0. The monoisotopic (exact) mass is 803 g/mol. The summed E-state index contributed by atoms with van der Waals surface area (Å²) >= 11 is 0. The van der Waals surface area contributed by atoms with Gasteiger partial charge in [0.2, 0.25) is 0 Å². The maximum atomic E-state index is 12.7. The maximum absolute atomic E-state index is 12.7. The Morgan fingerprint density at radius 3 is 1.62 bits per heavy atom. The number of rotatable bonds is 40. The highest BCUT2D eigenvalue weighted by Gasteiger charge is 2.36. The van der Waals surface area contributed by atoms with Gasteiger partial charge in [-0.05, 0) is 51.4 Å². The fraction of sp³-hybridized carbons (Fsp3) is 0.909. The van der Waals surface area contributed by atoms with Crippen LogP contribution in [0.1, 0.15) is 194 Å². The lowest BCUT2D eigenvalue weighted by atomic mass is 10.0. The normalized spacial score (nSPS) is 17.3. The van der Waals surface area contributed by atoms with Gasteiger partial charge in [0.1, 0.15) is 19.8 Å². The lowest BCUT2D eigenvalue weighted by molar-refractivity contribution is -0.870. The van der Waals surface area contributed by atoms with Crippen molar-refractivity contribution >= 4 is 19.8 Å². The molecule has 0 aromatic heterocycles. The third-order valence-corrected chi connectivity index (χ3v) is 11.2. The van der Waals surface area contributed by atoms with Crippen LogP contribution >= 0.6 is 7.82 Å². The summed E-state index contributed by atoms with van der Waals surface area (Å²) in [4.78, 5) is 35.4. The van der Waals surface area contributed by atoms with E-state index in [1.807, 2.05) is 21.1 Å². The zero-order chi connectivity index (χ0) is 40.5. The Morgan fingerprint density at radius 2 is 1.09 bits per heavy atom. The highest BCUT2D eigenvalue weighted by molar-refractivity contribution is 7.47. The summed E-state index contributed by atoms with van der Waals surface area (Å²) in [6, 6.07) is 0. The number of epoxide rings is 1. The molecule has 0 bridgehead atoms. The molecule has 0 aromatic rings. The Morgan fingerprint density at radius 1 is 0.636 bits per heavy atom. The van der Waals surface area contributed by atoms with E-state index in [0.717, 1.165) is 57.8 Å². The summed E-state index contributed by atoms with van der Waals surface area (Å²) in [5.41, 5.74) is 0. The predicted molar refractivity (Wildman–Crippen MR) is 224 cm³/mol. The second kappa shape index (κ2) is 33.7. The van der Waals surface area contributed by atoms with Gasteiger partial charge in [0.15, 0.2) is 6.10 Å². The minimum absolute atomic E-state index is 0.0290. The van der Waals surface area contributed by atoms with Gasteiger partial charge in [-0.2, -0.15) is 0 Å². The Kier molecular flexibility index (Phi) is 31.7. The van der Waals surface area contributed by atoms with E-state index in [9.17, 15) is 19.0 Å². The second-order valence-electron chi connectivity index (χ2n) is 16.8. The first-order chi connectivity index (χ1) is 26.5. The highest BCUT2D eigenvalue weighted by atomic mass is 31.2. The molecule has 11 heteroatoms. The molecule has 1 saturated heterocycles. The number of ether oxygens (including phenoxy) is 3. The van der Waals surface area contributed by atoms with Crippen molar-refractivity contribution in [1.82, 2.24) is 0 Å². The van der Waals surface area contributed by atoms with E-state index in [2.05, 4.69) is 26.0 Å². The SMILES string of the molecule is CCCCCCCC/C=C\CCCCCCCC(=O)OCC(COP(=O)(O)OCC[N+](C)(C)C)OC(=O)CCCCCCCCCC1OC1CCCCCC. The van der Waals surface area contributed by atoms with Crippen LogP contribution in [0.5, 0.6) is 0 Å². The van der Waals surface area contributed by atoms with Gasteiger partial charge in [-0.3, -0.25) is 18.6 Å². The lowest BCUT2D eigenvalue weighted by Crippen LogP contribution is -2.37. The summed E-state index contributed by atoms with van der Waals surface area (Å²) in [6.45, 7) is 4.39. The van der Waals surface area contributed by atoms with Crippen molar-refractivity contribution in [1.29, 1.82) is 0 Å². The van der Waals surface area contributed by atoms with Crippen LogP contribution in [0.3, 0.4) is 0 Å². The molecule has 1 rings (SSSR count). The molecule has 4 atom stereocenters. The number of quaternary nitrogens is 1. The Labute approximate surface area is 337 Å². The number of esters is 2.